The van der Waals surface area contributed by atoms with Gasteiger partial charge in [-0.05, 0) is 62.4 Å². The molecule has 0 saturated heterocycles. The van der Waals surface area contributed by atoms with Gasteiger partial charge in [-0.25, -0.2) is 0 Å². The second-order valence-corrected chi connectivity index (χ2v) is 5.56. The van der Waals surface area contributed by atoms with E-state index >= 15 is 0 Å². The van der Waals surface area contributed by atoms with Crippen LogP contribution in [0.25, 0.3) is 0 Å². The molecule has 1 atom stereocenters. The standard InChI is InChI=1S/C16H28N2O/c1-11(7-8-17)10-18(5)15-9-12(2)16(19-6)14(4)13(15)3/h9,11H,7-8,10,17H2,1-6H3. The molecule has 1 aromatic rings. The first-order valence-corrected chi connectivity index (χ1v) is 6.98. The third-order valence-corrected chi connectivity index (χ3v) is 3.86. The summed E-state index contributed by atoms with van der Waals surface area (Å²) in [6, 6.07) is 2.22. The predicted molar refractivity (Wildman–Crippen MR) is 83.3 cm³/mol. The molecule has 3 heteroatoms. The van der Waals surface area contributed by atoms with Gasteiger partial charge in [-0.3, -0.25) is 0 Å². The molecule has 1 rings (SSSR count). The maximum atomic E-state index is 5.62. The van der Waals surface area contributed by atoms with Gasteiger partial charge in [0.1, 0.15) is 5.75 Å². The van der Waals surface area contributed by atoms with E-state index in [0.717, 1.165) is 25.3 Å². The van der Waals surface area contributed by atoms with Crippen LogP contribution in [-0.4, -0.2) is 27.2 Å². The molecule has 0 radical (unpaired) electrons. The van der Waals surface area contributed by atoms with Crippen molar-refractivity contribution in [2.45, 2.75) is 34.1 Å². The van der Waals surface area contributed by atoms with Gasteiger partial charge in [0.2, 0.25) is 0 Å². The smallest absolute Gasteiger partial charge is 0.125 e. The Morgan fingerprint density at radius 1 is 1.26 bits per heavy atom. The van der Waals surface area contributed by atoms with Gasteiger partial charge in [-0.1, -0.05) is 6.92 Å². The molecule has 1 unspecified atom stereocenters. The van der Waals surface area contributed by atoms with Crippen molar-refractivity contribution in [3.8, 4) is 5.75 Å². The summed E-state index contributed by atoms with van der Waals surface area (Å²) in [6.07, 6.45) is 1.07. The van der Waals surface area contributed by atoms with Crippen LogP contribution >= 0.6 is 0 Å². The van der Waals surface area contributed by atoms with E-state index in [1.807, 2.05) is 0 Å². The molecule has 0 aliphatic carbocycles. The minimum atomic E-state index is 0.608. The molecule has 3 nitrogen and oxygen atoms in total. The van der Waals surface area contributed by atoms with E-state index in [4.69, 9.17) is 10.5 Å². The van der Waals surface area contributed by atoms with Crippen molar-refractivity contribution in [2.24, 2.45) is 11.7 Å². The molecular weight excluding hydrogens is 236 g/mol. The minimum Gasteiger partial charge on any atom is -0.496 e. The zero-order valence-corrected chi connectivity index (χ0v) is 13.2. The van der Waals surface area contributed by atoms with Crippen LogP contribution < -0.4 is 15.4 Å². The van der Waals surface area contributed by atoms with Crippen molar-refractivity contribution in [1.29, 1.82) is 0 Å². The van der Waals surface area contributed by atoms with E-state index in [1.54, 1.807) is 7.11 Å². The van der Waals surface area contributed by atoms with Gasteiger partial charge in [0.25, 0.3) is 0 Å². The van der Waals surface area contributed by atoms with Crippen molar-refractivity contribution >= 4 is 5.69 Å². The predicted octanol–water partition coefficient (Wildman–Crippen LogP) is 3.04. The monoisotopic (exact) mass is 264 g/mol. The SMILES string of the molecule is COc1c(C)cc(N(C)CC(C)CCN)c(C)c1C. The molecular formula is C16H28N2O. The number of ether oxygens (including phenoxy) is 1. The van der Waals surface area contributed by atoms with E-state index in [0.29, 0.717) is 5.92 Å². The van der Waals surface area contributed by atoms with Crippen LogP contribution in [0.1, 0.15) is 30.0 Å². The summed E-state index contributed by atoms with van der Waals surface area (Å²) in [7, 11) is 3.89. The highest BCUT2D eigenvalue weighted by Gasteiger charge is 2.14. The highest BCUT2D eigenvalue weighted by molar-refractivity contribution is 5.62. The number of methoxy groups -OCH3 is 1. The van der Waals surface area contributed by atoms with E-state index < -0.39 is 0 Å². The van der Waals surface area contributed by atoms with Crippen LogP contribution in [0.5, 0.6) is 5.75 Å². The molecule has 0 amide bonds. The Labute approximate surface area is 117 Å². The van der Waals surface area contributed by atoms with Gasteiger partial charge in [0.15, 0.2) is 0 Å². The largest absolute Gasteiger partial charge is 0.496 e. The minimum absolute atomic E-state index is 0.608. The molecule has 0 saturated carbocycles. The molecule has 0 heterocycles. The summed E-state index contributed by atoms with van der Waals surface area (Å²) in [6.45, 7) is 10.4. The normalized spacial score (nSPS) is 12.4. The van der Waals surface area contributed by atoms with Gasteiger partial charge >= 0.3 is 0 Å². The fraction of sp³-hybridized carbons (Fsp3) is 0.625. The van der Waals surface area contributed by atoms with Crippen LogP contribution in [-0.2, 0) is 0 Å². The lowest BCUT2D eigenvalue weighted by Crippen LogP contribution is -2.26. The molecule has 19 heavy (non-hydrogen) atoms. The maximum absolute atomic E-state index is 5.62. The van der Waals surface area contributed by atoms with E-state index in [1.165, 1.54) is 22.4 Å². The fourth-order valence-corrected chi connectivity index (χ4v) is 2.69. The second-order valence-electron chi connectivity index (χ2n) is 5.56. The number of hydrogen-bond acceptors (Lipinski definition) is 3. The molecule has 0 aliphatic rings. The molecule has 108 valence electrons. The molecule has 0 fully saturated rings. The Kier molecular flexibility index (Phi) is 5.67. The maximum Gasteiger partial charge on any atom is 0.125 e. The molecule has 0 bridgehead atoms. The Bertz CT molecular complexity index is 429. The summed E-state index contributed by atoms with van der Waals surface area (Å²) >= 11 is 0. The van der Waals surface area contributed by atoms with Gasteiger partial charge in [-0.2, -0.15) is 0 Å². The molecule has 0 spiro atoms. The summed E-state index contributed by atoms with van der Waals surface area (Å²) in [5.74, 6) is 1.61. The lowest BCUT2D eigenvalue weighted by Gasteiger charge is -2.27. The van der Waals surface area contributed by atoms with E-state index in [9.17, 15) is 0 Å². The lowest BCUT2D eigenvalue weighted by molar-refractivity contribution is 0.408. The number of hydrogen-bond donors (Lipinski definition) is 1. The molecule has 1 aromatic carbocycles. The van der Waals surface area contributed by atoms with Crippen LogP contribution in [0.3, 0.4) is 0 Å². The number of rotatable bonds is 6. The highest BCUT2D eigenvalue weighted by Crippen LogP contribution is 2.33. The average Bonchev–Trinajstić information content (AvgIpc) is 2.34. The number of nitrogens with zero attached hydrogens (tertiary/aromatic N) is 1. The summed E-state index contributed by atoms with van der Waals surface area (Å²) in [5.41, 5.74) is 10.6. The zero-order valence-electron chi connectivity index (χ0n) is 13.2. The zero-order chi connectivity index (χ0) is 14.6. The number of benzene rings is 1. The first-order chi connectivity index (χ1) is 8.92. The summed E-state index contributed by atoms with van der Waals surface area (Å²) in [4.78, 5) is 2.33. The average molecular weight is 264 g/mol. The number of aryl methyl sites for hydroxylation is 1. The quantitative estimate of drug-likeness (QED) is 0.858. The van der Waals surface area contributed by atoms with Crippen molar-refractivity contribution in [3.05, 3.63) is 22.8 Å². The van der Waals surface area contributed by atoms with Crippen LogP contribution in [0, 0.1) is 26.7 Å². The highest BCUT2D eigenvalue weighted by atomic mass is 16.5. The third-order valence-electron chi connectivity index (χ3n) is 3.86. The lowest BCUT2D eigenvalue weighted by atomic mass is 10.0. The first kappa shape index (κ1) is 15.8. The van der Waals surface area contributed by atoms with E-state index in [2.05, 4.69) is 45.7 Å². The van der Waals surface area contributed by atoms with E-state index in [-0.39, 0.29) is 0 Å². The van der Waals surface area contributed by atoms with Gasteiger partial charge in [-0.15, -0.1) is 0 Å². The Morgan fingerprint density at radius 2 is 1.89 bits per heavy atom. The van der Waals surface area contributed by atoms with Crippen LogP contribution in [0.4, 0.5) is 5.69 Å². The Morgan fingerprint density at radius 3 is 2.42 bits per heavy atom. The summed E-state index contributed by atoms with van der Waals surface area (Å²) < 4.78 is 5.48. The topological polar surface area (TPSA) is 38.5 Å². The Balaban J connectivity index is 3.01. The van der Waals surface area contributed by atoms with Crippen LogP contribution in [0.15, 0.2) is 6.07 Å². The van der Waals surface area contributed by atoms with Gasteiger partial charge in [0.05, 0.1) is 7.11 Å². The van der Waals surface area contributed by atoms with Crippen LogP contribution in [0.2, 0.25) is 0 Å². The number of anilines is 1. The fourth-order valence-electron chi connectivity index (χ4n) is 2.69. The number of nitrogens with two attached hydrogens (primary N) is 1. The molecule has 2 N–H and O–H groups in total. The van der Waals surface area contributed by atoms with Crippen molar-refractivity contribution in [3.63, 3.8) is 0 Å². The van der Waals surface area contributed by atoms with Gasteiger partial charge in [0, 0.05) is 19.3 Å². The molecule has 0 aromatic heterocycles. The first-order valence-electron chi connectivity index (χ1n) is 6.98. The van der Waals surface area contributed by atoms with Crippen molar-refractivity contribution in [1.82, 2.24) is 0 Å². The van der Waals surface area contributed by atoms with Gasteiger partial charge < -0.3 is 15.4 Å². The third kappa shape index (κ3) is 3.63. The van der Waals surface area contributed by atoms with Crippen molar-refractivity contribution in [2.75, 3.05) is 32.1 Å². The molecule has 0 aliphatic heterocycles. The summed E-state index contributed by atoms with van der Waals surface area (Å²) in [5, 5.41) is 0. The van der Waals surface area contributed by atoms with Crippen molar-refractivity contribution < 1.29 is 4.74 Å². The Hall–Kier alpha value is -1.22. The second kappa shape index (κ2) is 6.80.